The quantitative estimate of drug-likeness (QED) is 0.709. The van der Waals surface area contributed by atoms with E-state index in [4.69, 9.17) is 4.98 Å². The standard InChI is InChI=1S/C17H32N4/c1-7-11-18-12-16-9-10-17(19-15(16)4)21(8-2)14(3)13-20(5)6/h9-10,14,18H,7-8,11-13H2,1-6H3. The fraction of sp³-hybridized carbons (Fsp3) is 0.706. The van der Waals surface area contributed by atoms with Crippen molar-refractivity contribution < 1.29 is 0 Å². The van der Waals surface area contributed by atoms with Crippen LogP contribution in [0, 0.1) is 6.92 Å². The van der Waals surface area contributed by atoms with Gasteiger partial charge in [0.15, 0.2) is 0 Å². The zero-order valence-electron chi connectivity index (χ0n) is 14.6. The van der Waals surface area contributed by atoms with Gasteiger partial charge >= 0.3 is 0 Å². The number of hydrogen-bond donors (Lipinski definition) is 1. The molecule has 0 amide bonds. The van der Waals surface area contributed by atoms with Gasteiger partial charge in [-0.05, 0) is 59.5 Å². The molecule has 4 heteroatoms. The van der Waals surface area contributed by atoms with Crippen LogP contribution in [0.1, 0.15) is 38.4 Å². The minimum atomic E-state index is 0.459. The molecule has 120 valence electrons. The predicted octanol–water partition coefficient (Wildman–Crippen LogP) is 2.67. The Kier molecular flexibility index (Phi) is 7.68. The molecule has 1 rings (SSSR count). The first-order chi connectivity index (χ1) is 9.99. The number of rotatable bonds is 9. The highest BCUT2D eigenvalue weighted by atomic mass is 15.2. The van der Waals surface area contributed by atoms with E-state index in [1.807, 2.05) is 0 Å². The van der Waals surface area contributed by atoms with Gasteiger partial charge in [0.05, 0.1) is 0 Å². The van der Waals surface area contributed by atoms with Crippen molar-refractivity contribution in [3.63, 3.8) is 0 Å². The van der Waals surface area contributed by atoms with Crippen molar-refractivity contribution in [2.24, 2.45) is 0 Å². The van der Waals surface area contributed by atoms with Crippen LogP contribution in [0.3, 0.4) is 0 Å². The van der Waals surface area contributed by atoms with E-state index in [-0.39, 0.29) is 0 Å². The van der Waals surface area contributed by atoms with Crippen molar-refractivity contribution >= 4 is 5.82 Å². The van der Waals surface area contributed by atoms with Crippen LogP contribution in [-0.2, 0) is 6.54 Å². The molecule has 4 nitrogen and oxygen atoms in total. The largest absolute Gasteiger partial charge is 0.353 e. The van der Waals surface area contributed by atoms with Crippen LogP contribution in [0.2, 0.25) is 0 Å². The highest BCUT2D eigenvalue weighted by Gasteiger charge is 2.15. The van der Waals surface area contributed by atoms with Crippen LogP contribution in [0.4, 0.5) is 5.82 Å². The second-order valence-corrected chi connectivity index (χ2v) is 5.99. The zero-order chi connectivity index (χ0) is 15.8. The van der Waals surface area contributed by atoms with Gasteiger partial charge in [0.1, 0.15) is 5.82 Å². The predicted molar refractivity (Wildman–Crippen MR) is 92.0 cm³/mol. The van der Waals surface area contributed by atoms with Crippen LogP contribution >= 0.6 is 0 Å². The zero-order valence-corrected chi connectivity index (χ0v) is 14.6. The molecular formula is C17H32N4. The Hall–Kier alpha value is -1.13. The van der Waals surface area contributed by atoms with Gasteiger partial charge in [-0.1, -0.05) is 13.0 Å². The molecule has 1 aromatic heterocycles. The number of aromatic nitrogens is 1. The van der Waals surface area contributed by atoms with Gasteiger partial charge in [0.25, 0.3) is 0 Å². The molecule has 0 aliphatic rings. The molecule has 1 atom stereocenters. The molecule has 1 unspecified atom stereocenters. The summed E-state index contributed by atoms with van der Waals surface area (Å²) in [6.45, 7) is 12.7. The van der Waals surface area contributed by atoms with Crippen molar-refractivity contribution in [1.82, 2.24) is 15.2 Å². The molecule has 0 saturated carbocycles. The summed E-state index contributed by atoms with van der Waals surface area (Å²) in [6, 6.07) is 4.83. The molecule has 0 bridgehead atoms. The van der Waals surface area contributed by atoms with E-state index in [1.165, 1.54) is 5.56 Å². The number of nitrogens with zero attached hydrogens (tertiary/aromatic N) is 3. The average molecular weight is 292 g/mol. The summed E-state index contributed by atoms with van der Waals surface area (Å²) in [4.78, 5) is 9.42. The molecular weight excluding hydrogens is 260 g/mol. The lowest BCUT2D eigenvalue weighted by Gasteiger charge is -2.31. The maximum atomic E-state index is 4.82. The molecule has 0 radical (unpaired) electrons. The number of aryl methyl sites for hydroxylation is 1. The van der Waals surface area contributed by atoms with Crippen LogP contribution < -0.4 is 10.2 Å². The van der Waals surface area contributed by atoms with Crippen LogP contribution in [0.15, 0.2) is 12.1 Å². The highest BCUT2D eigenvalue weighted by molar-refractivity contribution is 5.42. The Morgan fingerprint density at radius 3 is 2.48 bits per heavy atom. The van der Waals surface area contributed by atoms with E-state index >= 15 is 0 Å². The van der Waals surface area contributed by atoms with Gasteiger partial charge in [-0.2, -0.15) is 0 Å². The molecule has 0 spiro atoms. The van der Waals surface area contributed by atoms with Gasteiger partial charge in [0, 0.05) is 31.4 Å². The number of likely N-dealkylation sites (N-methyl/N-ethyl adjacent to an activating group) is 2. The van der Waals surface area contributed by atoms with Gasteiger partial charge in [-0.3, -0.25) is 0 Å². The molecule has 0 aliphatic heterocycles. The molecule has 1 aromatic rings. The second kappa shape index (κ2) is 9.00. The maximum absolute atomic E-state index is 4.82. The number of pyridine rings is 1. The summed E-state index contributed by atoms with van der Waals surface area (Å²) in [5.74, 6) is 1.09. The summed E-state index contributed by atoms with van der Waals surface area (Å²) in [5.41, 5.74) is 2.43. The first kappa shape index (κ1) is 17.9. The van der Waals surface area contributed by atoms with Crippen LogP contribution in [0.5, 0.6) is 0 Å². The lowest BCUT2D eigenvalue weighted by Crippen LogP contribution is -2.40. The normalized spacial score (nSPS) is 12.7. The van der Waals surface area contributed by atoms with Crippen molar-refractivity contribution in [2.75, 3.05) is 38.6 Å². The molecule has 0 aliphatic carbocycles. The molecule has 21 heavy (non-hydrogen) atoms. The van der Waals surface area contributed by atoms with Crippen molar-refractivity contribution in [3.05, 3.63) is 23.4 Å². The molecule has 1 N–H and O–H groups in total. The molecule has 0 saturated heterocycles. The van der Waals surface area contributed by atoms with E-state index in [0.717, 1.165) is 44.1 Å². The number of anilines is 1. The molecule has 1 heterocycles. The maximum Gasteiger partial charge on any atom is 0.129 e. The van der Waals surface area contributed by atoms with E-state index in [2.05, 4.69) is 69.0 Å². The summed E-state index contributed by atoms with van der Waals surface area (Å²) >= 11 is 0. The topological polar surface area (TPSA) is 31.4 Å². The fourth-order valence-corrected chi connectivity index (χ4v) is 2.65. The molecule has 0 aromatic carbocycles. The van der Waals surface area contributed by atoms with Gasteiger partial charge in [-0.15, -0.1) is 0 Å². The third-order valence-corrected chi connectivity index (χ3v) is 3.72. The summed E-state index contributed by atoms with van der Waals surface area (Å²) in [7, 11) is 4.23. The monoisotopic (exact) mass is 292 g/mol. The van der Waals surface area contributed by atoms with Gasteiger partial charge in [0.2, 0.25) is 0 Å². The Bertz CT molecular complexity index is 417. The lowest BCUT2D eigenvalue weighted by molar-refractivity contribution is 0.372. The Balaban J connectivity index is 2.79. The third kappa shape index (κ3) is 5.64. The number of hydrogen-bond acceptors (Lipinski definition) is 4. The van der Waals surface area contributed by atoms with E-state index in [0.29, 0.717) is 6.04 Å². The van der Waals surface area contributed by atoms with E-state index in [9.17, 15) is 0 Å². The first-order valence-corrected chi connectivity index (χ1v) is 8.08. The first-order valence-electron chi connectivity index (χ1n) is 8.08. The lowest BCUT2D eigenvalue weighted by atomic mass is 10.2. The van der Waals surface area contributed by atoms with E-state index < -0.39 is 0 Å². The van der Waals surface area contributed by atoms with Crippen LogP contribution in [0.25, 0.3) is 0 Å². The van der Waals surface area contributed by atoms with E-state index in [1.54, 1.807) is 0 Å². The van der Waals surface area contributed by atoms with Gasteiger partial charge in [-0.25, -0.2) is 4.98 Å². The fourth-order valence-electron chi connectivity index (χ4n) is 2.65. The minimum Gasteiger partial charge on any atom is -0.353 e. The number of nitrogens with one attached hydrogen (secondary N) is 1. The minimum absolute atomic E-state index is 0.459. The Morgan fingerprint density at radius 1 is 1.24 bits per heavy atom. The van der Waals surface area contributed by atoms with Crippen molar-refractivity contribution in [2.45, 2.75) is 46.7 Å². The Morgan fingerprint density at radius 2 is 1.95 bits per heavy atom. The second-order valence-electron chi connectivity index (χ2n) is 5.99. The third-order valence-electron chi connectivity index (χ3n) is 3.72. The van der Waals surface area contributed by atoms with Crippen molar-refractivity contribution in [3.8, 4) is 0 Å². The summed E-state index contributed by atoms with van der Waals surface area (Å²) in [6.07, 6.45) is 1.16. The average Bonchev–Trinajstić information content (AvgIpc) is 2.41. The summed E-state index contributed by atoms with van der Waals surface area (Å²) in [5, 5.41) is 3.44. The van der Waals surface area contributed by atoms with Crippen LogP contribution in [-0.4, -0.2) is 49.7 Å². The van der Waals surface area contributed by atoms with Crippen molar-refractivity contribution in [1.29, 1.82) is 0 Å². The summed E-state index contributed by atoms with van der Waals surface area (Å²) < 4.78 is 0. The Labute approximate surface area is 130 Å². The molecule has 0 fully saturated rings. The van der Waals surface area contributed by atoms with Gasteiger partial charge < -0.3 is 15.1 Å². The smallest absolute Gasteiger partial charge is 0.129 e. The highest BCUT2D eigenvalue weighted by Crippen LogP contribution is 2.17. The SMILES string of the molecule is CCCNCc1ccc(N(CC)C(C)CN(C)C)nc1C.